The number of benzene rings is 1. The van der Waals surface area contributed by atoms with Crippen molar-refractivity contribution >= 4 is 23.2 Å². The number of amides is 1. The summed E-state index contributed by atoms with van der Waals surface area (Å²) in [6.07, 6.45) is 4.95. The molecule has 0 bridgehead atoms. The Labute approximate surface area is 151 Å². The van der Waals surface area contributed by atoms with E-state index in [2.05, 4.69) is 29.4 Å². The Hall–Kier alpha value is -2.21. The lowest BCUT2D eigenvalue weighted by Gasteiger charge is -2.37. The Balaban J connectivity index is 1.80. The number of thiazole rings is 1. The minimum Gasteiger partial charge on any atom is -0.476 e. The molecule has 5 nitrogen and oxygen atoms in total. The molecular weight excluding hydrogens is 336 g/mol. The number of aromatic nitrogens is 1. The van der Waals surface area contributed by atoms with E-state index < -0.39 is 11.4 Å². The van der Waals surface area contributed by atoms with Crippen molar-refractivity contribution in [1.29, 1.82) is 0 Å². The molecule has 1 aromatic carbocycles. The zero-order valence-corrected chi connectivity index (χ0v) is 15.1. The summed E-state index contributed by atoms with van der Waals surface area (Å²) in [7, 11) is 0. The van der Waals surface area contributed by atoms with Gasteiger partial charge in [0.05, 0.1) is 12.0 Å². The molecule has 1 heterocycles. The molecule has 0 radical (unpaired) electrons. The fourth-order valence-electron chi connectivity index (χ4n) is 3.70. The molecule has 2 N–H and O–H groups in total. The standard InChI is InChI=1S/C19H22N2O3S/c1-13-7-3-4-8-14(13)19(9-5-2-6-10-19)18(24)20-11-16-21-15(12-25-16)17(22)23/h3-4,7-8,12H,2,5-6,9-11H2,1H3,(H,20,24)(H,22,23). The van der Waals surface area contributed by atoms with Crippen molar-refractivity contribution < 1.29 is 14.7 Å². The number of carbonyl (C=O) groups excluding carboxylic acids is 1. The maximum Gasteiger partial charge on any atom is 0.355 e. The number of aromatic carboxylic acids is 1. The lowest BCUT2D eigenvalue weighted by molar-refractivity contribution is -0.128. The number of carbonyl (C=O) groups is 2. The molecule has 1 aliphatic rings. The van der Waals surface area contributed by atoms with Gasteiger partial charge in [0.1, 0.15) is 5.01 Å². The average Bonchev–Trinajstić information content (AvgIpc) is 3.10. The second-order valence-corrected chi connectivity index (χ2v) is 7.51. The average molecular weight is 358 g/mol. The van der Waals surface area contributed by atoms with Gasteiger partial charge in [0.25, 0.3) is 0 Å². The number of nitrogens with zero attached hydrogens (tertiary/aromatic N) is 1. The van der Waals surface area contributed by atoms with Gasteiger partial charge in [-0.15, -0.1) is 11.3 Å². The van der Waals surface area contributed by atoms with Crippen molar-refractivity contribution in [3.63, 3.8) is 0 Å². The summed E-state index contributed by atoms with van der Waals surface area (Å²) in [5.74, 6) is -1.02. The highest BCUT2D eigenvalue weighted by Crippen LogP contribution is 2.41. The van der Waals surface area contributed by atoms with E-state index in [1.165, 1.54) is 16.7 Å². The SMILES string of the molecule is Cc1ccccc1C1(C(=O)NCc2nc(C(=O)O)cs2)CCCCC1. The van der Waals surface area contributed by atoms with Crippen LogP contribution in [0.2, 0.25) is 0 Å². The van der Waals surface area contributed by atoms with E-state index in [9.17, 15) is 9.59 Å². The number of nitrogens with one attached hydrogen (secondary N) is 1. The Morgan fingerprint density at radius 1 is 1.24 bits per heavy atom. The summed E-state index contributed by atoms with van der Waals surface area (Å²) in [5, 5.41) is 14.1. The van der Waals surface area contributed by atoms with Crippen molar-refractivity contribution in [3.05, 3.63) is 51.5 Å². The summed E-state index contributed by atoms with van der Waals surface area (Å²) >= 11 is 1.26. The van der Waals surface area contributed by atoms with Gasteiger partial charge in [-0.3, -0.25) is 4.79 Å². The topological polar surface area (TPSA) is 79.3 Å². The molecule has 2 aromatic rings. The fourth-order valence-corrected chi connectivity index (χ4v) is 4.41. The molecule has 0 aliphatic heterocycles. The molecule has 0 unspecified atom stereocenters. The van der Waals surface area contributed by atoms with Crippen LogP contribution in [0.4, 0.5) is 0 Å². The molecule has 6 heteroatoms. The van der Waals surface area contributed by atoms with Gasteiger partial charge in [-0.25, -0.2) is 9.78 Å². The van der Waals surface area contributed by atoms with Crippen LogP contribution >= 0.6 is 11.3 Å². The van der Waals surface area contributed by atoms with Crippen LogP contribution in [0.1, 0.15) is 58.7 Å². The summed E-state index contributed by atoms with van der Waals surface area (Å²) in [5.41, 5.74) is 1.79. The van der Waals surface area contributed by atoms with Gasteiger partial charge in [-0.1, -0.05) is 43.5 Å². The molecule has 25 heavy (non-hydrogen) atoms. The van der Waals surface area contributed by atoms with Gasteiger partial charge >= 0.3 is 5.97 Å². The molecule has 3 rings (SSSR count). The number of aryl methyl sites for hydroxylation is 1. The Morgan fingerprint density at radius 3 is 2.60 bits per heavy atom. The monoisotopic (exact) mass is 358 g/mol. The molecule has 0 saturated heterocycles. The van der Waals surface area contributed by atoms with Gasteiger partial charge in [-0.05, 0) is 30.9 Å². The van der Waals surface area contributed by atoms with Crippen LogP contribution in [0, 0.1) is 6.92 Å². The van der Waals surface area contributed by atoms with Crippen LogP contribution in [-0.4, -0.2) is 22.0 Å². The largest absolute Gasteiger partial charge is 0.476 e. The quantitative estimate of drug-likeness (QED) is 0.855. The number of carboxylic acids is 1. The zero-order chi connectivity index (χ0) is 17.9. The van der Waals surface area contributed by atoms with E-state index in [0.29, 0.717) is 5.01 Å². The van der Waals surface area contributed by atoms with Crippen LogP contribution in [0.25, 0.3) is 0 Å². The van der Waals surface area contributed by atoms with Crippen LogP contribution in [0.5, 0.6) is 0 Å². The van der Waals surface area contributed by atoms with E-state index in [1.807, 2.05) is 12.1 Å². The fraction of sp³-hybridized carbons (Fsp3) is 0.421. The lowest BCUT2D eigenvalue weighted by Crippen LogP contribution is -2.46. The van der Waals surface area contributed by atoms with E-state index in [-0.39, 0.29) is 18.1 Å². The number of carboxylic acid groups (broad SMARTS) is 1. The van der Waals surface area contributed by atoms with Crippen molar-refractivity contribution in [2.45, 2.75) is 51.0 Å². The van der Waals surface area contributed by atoms with E-state index in [0.717, 1.165) is 43.2 Å². The normalized spacial score (nSPS) is 16.4. The third kappa shape index (κ3) is 3.58. The first-order valence-corrected chi connectivity index (χ1v) is 9.43. The van der Waals surface area contributed by atoms with Crippen LogP contribution in [0.3, 0.4) is 0 Å². The van der Waals surface area contributed by atoms with E-state index in [1.54, 1.807) is 0 Å². The second kappa shape index (κ2) is 7.35. The second-order valence-electron chi connectivity index (χ2n) is 6.57. The summed E-state index contributed by atoms with van der Waals surface area (Å²) in [6, 6.07) is 8.10. The van der Waals surface area contributed by atoms with Crippen molar-refractivity contribution in [3.8, 4) is 0 Å². The smallest absolute Gasteiger partial charge is 0.355 e. The first-order valence-electron chi connectivity index (χ1n) is 8.55. The maximum atomic E-state index is 13.1. The van der Waals surface area contributed by atoms with Crippen molar-refractivity contribution in [2.24, 2.45) is 0 Å². The zero-order valence-electron chi connectivity index (χ0n) is 14.2. The van der Waals surface area contributed by atoms with Gasteiger partial charge in [0.2, 0.25) is 5.91 Å². The van der Waals surface area contributed by atoms with Gasteiger partial charge in [-0.2, -0.15) is 0 Å². The van der Waals surface area contributed by atoms with Gasteiger partial charge < -0.3 is 10.4 Å². The third-order valence-electron chi connectivity index (χ3n) is 4.97. The highest BCUT2D eigenvalue weighted by Gasteiger charge is 2.41. The molecular formula is C19H22N2O3S. The molecule has 132 valence electrons. The molecule has 1 aromatic heterocycles. The molecule has 1 amide bonds. The van der Waals surface area contributed by atoms with Gasteiger partial charge in [0, 0.05) is 5.38 Å². The lowest BCUT2D eigenvalue weighted by atomic mass is 9.67. The van der Waals surface area contributed by atoms with E-state index >= 15 is 0 Å². The Kier molecular flexibility index (Phi) is 5.18. The number of hydrogen-bond acceptors (Lipinski definition) is 4. The third-order valence-corrected chi connectivity index (χ3v) is 5.82. The predicted octanol–water partition coefficient (Wildman–Crippen LogP) is 3.67. The van der Waals surface area contributed by atoms with E-state index in [4.69, 9.17) is 5.11 Å². The molecule has 0 atom stereocenters. The summed E-state index contributed by atoms with van der Waals surface area (Å²) < 4.78 is 0. The Bertz CT molecular complexity index is 778. The van der Waals surface area contributed by atoms with Crippen molar-refractivity contribution in [2.75, 3.05) is 0 Å². The van der Waals surface area contributed by atoms with Gasteiger partial charge in [0.15, 0.2) is 5.69 Å². The van der Waals surface area contributed by atoms with Crippen LogP contribution in [-0.2, 0) is 16.8 Å². The number of rotatable bonds is 5. The highest BCUT2D eigenvalue weighted by atomic mass is 32.1. The molecule has 1 fully saturated rings. The first-order chi connectivity index (χ1) is 12.0. The number of hydrogen-bond donors (Lipinski definition) is 2. The Morgan fingerprint density at radius 2 is 1.96 bits per heavy atom. The predicted molar refractivity (Wildman–Crippen MR) is 96.9 cm³/mol. The summed E-state index contributed by atoms with van der Waals surface area (Å²) in [4.78, 5) is 28.1. The minimum atomic E-state index is -1.04. The summed E-state index contributed by atoms with van der Waals surface area (Å²) in [6.45, 7) is 2.32. The van der Waals surface area contributed by atoms with Crippen molar-refractivity contribution in [1.82, 2.24) is 10.3 Å². The molecule has 0 spiro atoms. The first kappa shape index (κ1) is 17.6. The molecule has 1 aliphatic carbocycles. The highest BCUT2D eigenvalue weighted by molar-refractivity contribution is 7.09. The van der Waals surface area contributed by atoms with Crippen LogP contribution in [0.15, 0.2) is 29.6 Å². The maximum absolute atomic E-state index is 13.1. The molecule has 1 saturated carbocycles. The van der Waals surface area contributed by atoms with Crippen LogP contribution < -0.4 is 5.32 Å². The minimum absolute atomic E-state index is 0.0218.